The standard InChI is InChI=1S/C30H31ClN2O3S2/c1-18-11-14-21(15-12-18)32-28(34)27-22-16-13-20(30(2,3)4)17-24(22)37-29(27)33-38(35,36)25-10-6-8-19-7-5-9-23(31)26(19)25/h5-12,14-15,20,33H,13,16-17H2,1-4H3,(H,32,34)/t20-/m0/s1. The van der Waals surface area contributed by atoms with Gasteiger partial charge in [-0.2, -0.15) is 0 Å². The van der Waals surface area contributed by atoms with Gasteiger partial charge in [-0.05, 0) is 72.7 Å². The van der Waals surface area contributed by atoms with Crippen molar-refractivity contribution >= 4 is 60.3 Å². The average molecular weight is 567 g/mol. The van der Waals surface area contributed by atoms with E-state index in [4.69, 9.17) is 11.6 Å². The zero-order chi connectivity index (χ0) is 27.2. The SMILES string of the molecule is Cc1ccc(NC(=O)c2c(NS(=O)(=O)c3cccc4cccc(Cl)c34)sc3c2CC[C@H](C(C)(C)C)C3)cc1. The van der Waals surface area contributed by atoms with Crippen LogP contribution in [0.4, 0.5) is 10.7 Å². The third kappa shape index (κ3) is 5.20. The van der Waals surface area contributed by atoms with Crippen LogP contribution < -0.4 is 10.0 Å². The molecule has 0 radical (unpaired) electrons. The molecular formula is C30H31ClN2O3S2. The number of fused-ring (bicyclic) bond motifs is 2. The monoisotopic (exact) mass is 566 g/mol. The quantitative estimate of drug-likeness (QED) is 0.256. The van der Waals surface area contributed by atoms with Crippen LogP contribution in [0, 0.1) is 18.3 Å². The molecule has 4 aromatic rings. The number of carbonyl (C=O) groups excluding carboxylic acids is 1. The van der Waals surface area contributed by atoms with Gasteiger partial charge in [-0.1, -0.05) is 74.3 Å². The lowest BCUT2D eigenvalue weighted by atomic mass is 9.72. The minimum Gasteiger partial charge on any atom is -0.322 e. The minimum absolute atomic E-state index is 0.0874. The Balaban J connectivity index is 1.58. The number of thiophene rings is 1. The van der Waals surface area contributed by atoms with Crippen LogP contribution >= 0.6 is 22.9 Å². The Kier molecular flexibility index (Phi) is 7.05. The Morgan fingerprint density at radius 3 is 2.39 bits per heavy atom. The van der Waals surface area contributed by atoms with Crippen LogP contribution in [0.25, 0.3) is 10.8 Å². The lowest BCUT2D eigenvalue weighted by molar-refractivity contribution is 0.102. The number of aryl methyl sites for hydroxylation is 1. The van der Waals surface area contributed by atoms with Crippen molar-refractivity contribution in [3.05, 3.63) is 87.3 Å². The highest BCUT2D eigenvalue weighted by Crippen LogP contribution is 2.45. The first kappa shape index (κ1) is 26.7. The molecule has 0 spiro atoms. The molecule has 0 bridgehead atoms. The Morgan fingerprint density at radius 2 is 1.71 bits per heavy atom. The maximum atomic E-state index is 13.8. The summed E-state index contributed by atoms with van der Waals surface area (Å²) < 4.78 is 30.3. The highest BCUT2D eigenvalue weighted by atomic mass is 35.5. The first-order valence-corrected chi connectivity index (χ1v) is 15.3. The Hall–Kier alpha value is -2.87. The fourth-order valence-corrected chi connectivity index (χ4v) is 8.35. The molecule has 1 heterocycles. The summed E-state index contributed by atoms with van der Waals surface area (Å²) in [5, 5.41) is 4.88. The smallest absolute Gasteiger partial charge is 0.263 e. The van der Waals surface area contributed by atoms with Gasteiger partial charge >= 0.3 is 0 Å². The Labute approximate surface area is 233 Å². The largest absolute Gasteiger partial charge is 0.322 e. The van der Waals surface area contributed by atoms with Gasteiger partial charge in [-0.3, -0.25) is 9.52 Å². The number of nitrogens with one attached hydrogen (secondary N) is 2. The second kappa shape index (κ2) is 10.0. The van der Waals surface area contributed by atoms with E-state index in [1.807, 2.05) is 43.3 Å². The van der Waals surface area contributed by atoms with Crippen LogP contribution in [0.2, 0.25) is 5.02 Å². The third-order valence-electron chi connectivity index (χ3n) is 7.36. The lowest BCUT2D eigenvalue weighted by Crippen LogP contribution is -2.27. The highest BCUT2D eigenvalue weighted by molar-refractivity contribution is 7.93. The zero-order valence-electron chi connectivity index (χ0n) is 21.9. The van der Waals surface area contributed by atoms with Crippen LogP contribution in [0.5, 0.6) is 0 Å². The molecule has 1 aliphatic carbocycles. The first-order chi connectivity index (χ1) is 17.9. The molecule has 0 fully saturated rings. The van der Waals surface area contributed by atoms with Gasteiger partial charge in [0.05, 0.1) is 10.5 Å². The van der Waals surface area contributed by atoms with E-state index >= 15 is 0 Å². The molecule has 2 N–H and O–H groups in total. The second-order valence-corrected chi connectivity index (χ2v) is 14.2. The predicted molar refractivity (Wildman–Crippen MR) is 158 cm³/mol. The number of carbonyl (C=O) groups is 1. The van der Waals surface area contributed by atoms with Crippen molar-refractivity contribution in [1.82, 2.24) is 0 Å². The van der Waals surface area contributed by atoms with Crippen LogP contribution in [0.15, 0.2) is 65.6 Å². The van der Waals surface area contributed by atoms with E-state index in [0.717, 1.165) is 40.7 Å². The van der Waals surface area contributed by atoms with Gasteiger partial charge in [0, 0.05) is 21.0 Å². The molecule has 5 rings (SSSR count). The molecule has 198 valence electrons. The Bertz CT molecular complexity index is 1630. The van der Waals surface area contributed by atoms with E-state index in [1.165, 1.54) is 11.3 Å². The number of benzene rings is 3. The van der Waals surface area contributed by atoms with Crippen molar-refractivity contribution in [3.63, 3.8) is 0 Å². The summed E-state index contributed by atoms with van der Waals surface area (Å²) >= 11 is 7.81. The van der Waals surface area contributed by atoms with Gasteiger partial charge in [-0.15, -0.1) is 11.3 Å². The molecule has 0 saturated heterocycles. The number of hydrogen-bond donors (Lipinski definition) is 2. The van der Waals surface area contributed by atoms with Crippen LogP contribution in [0.3, 0.4) is 0 Å². The number of anilines is 2. The van der Waals surface area contributed by atoms with E-state index in [1.54, 1.807) is 24.3 Å². The molecule has 38 heavy (non-hydrogen) atoms. The van der Waals surface area contributed by atoms with Gasteiger partial charge in [0.2, 0.25) is 0 Å². The summed E-state index contributed by atoms with van der Waals surface area (Å²) in [5.74, 6) is 0.136. The number of amides is 1. The van der Waals surface area contributed by atoms with E-state index < -0.39 is 10.0 Å². The second-order valence-electron chi connectivity index (χ2n) is 11.0. The van der Waals surface area contributed by atoms with Crippen molar-refractivity contribution < 1.29 is 13.2 Å². The molecule has 1 amide bonds. The number of rotatable bonds is 5. The number of hydrogen-bond acceptors (Lipinski definition) is 4. The van der Waals surface area contributed by atoms with Crippen molar-refractivity contribution in [2.45, 2.75) is 51.9 Å². The minimum atomic E-state index is -4.04. The normalized spacial score (nSPS) is 15.8. The summed E-state index contributed by atoms with van der Waals surface area (Å²) in [6.07, 6.45) is 2.49. The summed E-state index contributed by atoms with van der Waals surface area (Å²) in [6, 6.07) is 17.9. The van der Waals surface area contributed by atoms with E-state index in [2.05, 4.69) is 30.8 Å². The molecule has 0 saturated carbocycles. The fraction of sp³-hybridized carbons (Fsp3) is 0.300. The molecule has 1 aliphatic rings. The third-order valence-corrected chi connectivity index (χ3v) is 10.4. The lowest BCUT2D eigenvalue weighted by Gasteiger charge is -2.33. The van der Waals surface area contributed by atoms with Gasteiger partial charge in [0.25, 0.3) is 15.9 Å². The maximum absolute atomic E-state index is 13.8. The van der Waals surface area contributed by atoms with Crippen LogP contribution in [0.1, 0.15) is 53.6 Å². The van der Waals surface area contributed by atoms with E-state index in [0.29, 0.717) is 32.6 Å². The molecule has 0 aliphatic heterocycles. The van der Waals surface area contributed by atoms with Crippen molar-refractivity contribution in [3.8, 4) is 0 Å². The van der Waals surface area contributed by atoms with Gasteiger partial charge in [0.15, 0.2) is 0 Å². The molecule has 1 aromatic heterocycles. The molecule has 0 unspecified atom stereocenters. The zero-order valence-corrected chi connectivity index (χ0v) is 24.3. The van der Waals surface area contributed by atoms with E-state index in [-0.39, 0.29) is 16.2 Å². The molecular weight excluding hydrogens is 536 g/mol. The molecule has 3 aromatic carbocycles. The molecule has 1 atom stereocenters. The summed E-state index contributed by atoms with van der Waals surface area (Å²) in [5.41, 5.74) is 3.22. The first-order valence-electron chi connectivity index (χ1n) is 12.7. The van der Waals surface area contributed by atoms with E-state index in [9.17, 15) is 13.2 Å². The number of halogens is 1. The van der Waals surface area contributed by atoms with Crippen molar-refractivity contribution in [1.29, 1.82) is 0 Å². The van der Waals surface area contributed by atoms with Crippen molar-refractivity contribution in [2.24, 2.45) is 11.3 Å². The van der Waals surface area contributed by atoms with Crippen molar-refractivity contribution in [2.75, 3.05) is 10.0 Å². The van der Waals surface area contributed by atoms with Crippen LogP contribution in [-0.4, -0.2) is 14.3 Å². The summed E-state index contributed by atoms with van der Waals surface area (Å²) in [6.45, 7) is 8.68. The average Bonchev–Trinajstić information content (AvgIpc) is 3.21. The fourth-order valence-electron chi connectivity index (χ4n) is 5.13. The van der Waals surface area contributed by atoms with Gasteiger partial charge in [0.1, 0.15) is 5.00 Å². The molecule has 5 nitrogen and oxygen atoms in total. The van der Waals surface area contributed by atoms with Crippen LogP contribution in [-0.2, 0) is 22.9 Å². The Morgan fingerprint density at radius 1 is 1.03 bits per heavy atom. The highest BCUT2D eigenvalue weighted by Gasteiger charge is 2.35. The molecule has 8 heteroatoms. The van der Waals surface area contributed by atoms with Gasteiger partial charge in [-0.25, -0.2) is 8.42 Å². The summed E-state index contributed by atoms with van der Waals surface area (Å²) in [7, 11) is -4.04. The van der Waals surface area contributed by atoms with Gasteiger partial charge < -0.3 is 5.32 Å². The number of sulfonamides is 1. The maximum Gasteiger partial charge on any atom is 0.263 e. The predicted octanol–water partition coefficient (Wildman–Crippen LogP) is 8.07. The summed E-state index contributed by atoms with van der Waals surface area (Å²) in [4.78, 5) is 14.8. The topological polar surface area (TPSA) is 75.3 Å².